The Labute approximate surface area is 366 Å². The van der Waals surface area contributed by atoms with E-state index < -0.39 is 40.5 Å². The number of fused-ring (bicyclic) bond motifs is 1. The Morgan fingerprint density at radius 3 is 2.23 bits per heavy atom. The van der Waals surface area contributed by atoms with Gasteiger partial charge in [0.05, 0.1) is 27.3 Å². The summed E-state index contributed by atoms with van der Waals surface area (Å²) < 4.78 is 12.7. The van der Waals surface area contributed by atoms with Gasteiger partial charge in [0, 0.05) is 86.3 Å². The molecule has 2 saturated heterocycles. The zero-order valence-corrected chi connectivity index (χ0v) is 36.7. The zero-order chi connectivity index (χ0) is 44.2. The number of nitrogens with zero attached hydrogens (tertiary/aromatic N) is 6. The summed E-state index contributed by atoms with van der Waals surface area (Å²) in [5, 5.41) is 15.0. The van der Waals surface area contributed by atoms with Gasteiger partial charge >= 0.3 is 0 Å². The Morgan fingerprint density at radius 1 is 0.952 bits per heavy atom. The normalized spacial score (nSPS) is 25.5. The van der Waals surface area contributed by atoms with E-state index in [1.54, 1.807) is 48.8 Å². The van der Waals surface area contributed by atoms with Crippen molar-refractivity contribution in [2.45, 2.75) is 116 Å². The van der Waals surface area contributed by atoms with Gasteiger partial charge in [-0.25, -0.2) is 9.97 Å². The molecule has 5 amide bonds. The van der Waals surface area contributed by atoms with Crippen molar-refractivity contribution in [2.75, 3.05) is 24.5 Å². The number of carbonyl (C=O) groups excluding carboxylic acids is 5. The van der Waals surface area contributed by atoms with Gasteiger partial charge in [0.1, 0.15) is 35.8 Å². The number of rotatable bonds is 12. The highest BCUT2D eigenvalue weighted by atomic mass is 35.5. The van der Waals surface area contributed by atoms with E-state index in [9.17, 15) is 29.2 Å². The highest BCUT2D eigenvalue weighted by molar-refractivity contribution is 6.31. The molecule has 2 N–H and O–H groups in total. The fourth-order valence-corrected chi connectivity index (χ4v) is 10.6. The van der Waals surface area contributed by atoms with Crippen molar-refractivity contribution in [1.29, 1.82) is 5.26 Å². The molecule has 4 fully saturated rings. The van der Waals surface area contributed by atoms with Crippen LogP contribution < -0.4 is 25.0 Å². The summed E-state index contributed by atoms with van der Waals surface area (Å²) in [6, 6.07) is 11.5. The van der Waals surface area contributed by atoms with Gasteiger partial charge < -0.3 is 19.7 Å². The topological polar surface area (TPSA) is 187 Å². The maximum absolute atomic E-state index is 13.5. The quantitative estimate of drug-likeness (QED) is 0.217. The maximum atomic E-state index is 13.5. The summed E-state index contributed by atoms with van der Waals surface area (Å²) in [6.07, 6.45) is 6.79. The number of anilines is 1. The van der Waals surface area contributed by atoms with Gasteiger partial charge in [-0.1, -0.05) is 39.3 Å². The first-order valence-electron chi connectivity index (χ1n) is 21.5. The van der Waals surface area contributed by atoms with E-state index in [0.717, 1.165) is 50.2 Å². The number of aromatic nitrogens is 2. The Morgan fingerprint density at radius 2 is 1.60 bits per heavy atom. The van der Waals surface area contributed by atoms with Crippen molar-refractivity contribution in [3.63, 3.8) is 0 Å². The standard InChI is InChI=1S/C46H53ClN8O7/c1-25(2)54(29-17-32(18-29)61-30-9-10-33-34(19-30)41(60)55(40(33)59)36-11-12-37(56)51-39(36)58)24-26-13-15-53(16-14-26)44-49-22-28(23-50-44)38(57)52-42-45(3,4)43(46(42,5)6)62-31-8-7-27(21-48)35(47)20-31/h7-10,19-20,22-23,25-26,29,32,36,42-43H,11-18,24H2,1-6H3,(H,52,57)(H,51,56,58)/t29-,32-,36?,42-,43-. The lowest BCUT2D eigenvalue weighted by Gasteiger charge is -2.63. The van der Waals surface area contributed by atoms with Crippen LogP contribution in [0.3, 0.4) is 0 Å². The van der Waals surface area contributed by atoms with Gasteiger partial charge in [-0.15, -0.1) is 0 Å². The van der Waals surface area contributed by atoms with E-state index in [1.165, 1.54) is 0 Å². The van der Waals surface area contributed by atoms with Crippen LogP contribution in [-0.2, 0) is 9.59 Å². The van der Waals surface area contributed by atoms with Crippen LogP contribution in [0.25, 0.3) is 0 Å². The predicted molar refractivity (Wildman–Crippen MR) is 229 cm³/mol. The second-order valence-corrected chi connectivity index (χ2v) is 19.2. The van der Waals surface area contributed by atoms with Gasteiger partial charge in [0.25, 0.3) is 17.7 Å². The Hall–Kier alpha value is -5.59. The molecule has 0 bridgehead atoms. The number of amides is 5. The molecule has 62 heavy (non-hydrogen) atoms. The van der Waals surface area contributed by atoms with E-state index in [0.29, 0.717) is 51.6 Å². The van der Waals surface area contributed by atoms with E-state index in [1.807, 2.05) is 0 Å². The van der Waals surface area contributed by atoms with Crippen LogP contribution in [-0.4, -0.2) is 105 Å². The summed E-state index contributed by atoms with van der Waals surface area (Å²) in [5.41, 5.74) is 0.426. The van der Waals surface area contributed by atoms with Gasteiger partial charge in [0.2, 0.25) is 17.8 Å². The second-order valence-electron chi connectivity index (χ2n) is 18.8. The van der Waals surface area contributed by atoms with Gasteiger partial charge in [0.15, 0.2) is 0 Å². The molecule has 1 atom stereocenters. The molecular weight excluding hydrogens is 812 g/mol. The number of nitrogens with one attached hydrogen (secondary N) is 2. The molecule has 326 valence electrons. The highest BCUT2D eigenvalue weighted by Crippen LogP contribution is 2.55. The van der Waals surface area contributed by atoms with Crippen molar-refractivity contribution in [3.8, 4) is 17.6 Å². The lowest BCUT2D eigenvalue weighted by Crippen LogP contribution is -2.74. The highest BCUT2D eigenvalue weighted by Gasteiger charge is 2.64. The molecule has 0 spiro atoms. The van der Waals surface area contributed by atoms with Crippen molar-refractivity contribution < 1.29 is 33.4 Å². The van der Waals surface area contributed by atoms with Gasteiger partial charge in [-0.05, 0) is 69.4 Å². The predicted octanol–water partition coefficient (Wildman–Crippen LogP) is 5.55. The molecule has 3 aromatic rings. The zero-order valence-electron chi connectivity index (χ0n) is 35.9. The van der Waals surface area contributed by atoms with Crippen LogP contribution >= 0.6 is 11.6 Å². The molecule has 3 aliphatic heterocycles. The monoisotopic (exact) mass is 864 g/mol. The number of imide groups is 2. The number of carbonyl (C=O) groups is 5. The summed E-state index contributed by atoms with van der Waals surface area (Å²) in [7, 11) is 0. The molecule has 4 heterocycles. The molecule has 5 aliphatic rings. The molecule has 2 saturated carbocycles. The fourth-order valence-electron chi connectivity index (χ4n) is 10.4. The fraction of sp³-hybridized carbons (Fsp3) is 0.522. The molecule has 2 aromatic carbocycles. The molecule has 1 unspecified atom stereocenters. The van der Waals surface area contributed by atoms with Crippen LogP contribution in [0.4, 0.5) is 5.95 Å². The average molecular weight is 865 g/mol. The summed E-state index contributed by atoms with van der Waals surface area (Å²) in [5.74, 6) is -0.168. The van der Waals surface area contributed by atoms with E-state index in [-0.39, 0.29) is 48.1 Å². The second kappa shape index (κ2) is 16.6. The Kier molecular flexibility index (Phi) is 11.5. The Balaban J connectivity index is 0.795. The number of hydrogen-bond donors (Lipinski definition) is 2. The van der Waals surface area contributed by atoms with Crippen LogP contribution in [0.5, 0.6) is 11.5 Å². The number of nitriles is 1. The third-order valence-corrected chi connectivity index (χ3v) is 13.9. The number of piperidine rings is 2. The number of hydrogen-bond acceptors (Lipinski definition) is 12. The molecule has 15 nitrogen and oxygen atoms in total. The smallest absolute Gasteiger partial charge is 0.262 e. The first-order valence-corrected chi connectivity index (χ1v) is 21.9. The molecule has 2 aliphatic carbocycles. The minimum Gasteiger partial charge on any atom is -0.490 e. The molecule has 16 heteroatoms. The minimum absolute atomic E-state index is 0.0282. The van der Waals surface area contributed by atoms with Crippen molar-refractivity contribution in [1.82, 2.24) is 30.4 Å². The number of ether oxygens (including phenoxy) is 2. The van der Waals surface area contributed by atoms with Gasteiger partial charge in [-0.3, -0.25) is 39.1 Å². The lowest BCUT2D eigenvalue weighted by molar-refractivity contribution is -0.164. The maximum Gasteiger partial charge on any atom is 0.262 e. The Bertz CT molecular complexity index is 2320. The third-order valence-electron chi connectivity index (χ3n) is 13.6. The first-order chi connectivity index (χ1) is 29.5. The first kappa shape index (κ1) is 43.1. The molecule has 8 rings (SSSR count). The number of benzene rings is 2. The van der Waals surface area contributed by atoms with Crippen LogP contribution in [0.15, 0.2) is 48.8 Å². The summed E-state index contributed by atoms with van der Waals surface area (Å²) >= 11 is 6.25. The van der Waals surface area contributed by atoms with Gasteiger partial charge in [-0.2, -0.15) is 5.26 Å². The molecule has 0 radical (unpaired) electrons. The minimum atomic E-state index is -1.01. The van der Waals surface area contributed by atoms with Crippen LogP contribution in [0.1, 0.15) is 117 Å². The van der Waals surface area contributed by atoms with Crippen molar-refractivity contribution in [3.05, 3.63) is 76.1 Å². The largest absolute Gasteiger partial charge is 0.490 e. The van der Waals surface area contributed by atoms with Crippen LogP contribution in [0.2, 0.25) is 5.02 Å². The lowest BCUT2D eigenvalue weighted by atomic mass is 9.49. The third kappa shape index (κ3) is 7.99. The number of halogens is 1. The van der Waals surface area contributed by atoms with E-state index >= 15 is 0 Å². The average Bonchev–Trinajstić information content (AvgIpc) is 3.47. The van der Waals surface area contributed by atoms with Crippen molar-refractivity contribution in [2.24, 2.45) is 16.7 Å². The molecule has 1 aromatic heterocycles. The van der Waals surface area contributed by atoms with Crippen LogP contribution in [0, 0.1) is 28.1 Å². The van der Waals surface area contributed by atoms with Crippen molar-refractivity contribution >= 4 is 47.1 Å². The van der Waals surface area contributed by atoms with E-state index in [4.69, 9.17) is 21.1 Å². The SMILES string of the molecule is CC(C)N(CC1CCN(c2ncc(C(=O)N[C@H]3C(C)(C)[C@H](Oc4ccc(C#N)c(Cl)c4)C3(C)C)cn2)CC1)[C@H]1C[C@H](Oc2ccc3c(c2)C(=O)N(C2CCC(=O)NC2=O)C3=O)C1. The van der Waals surface area contributed by atoms with E-state index in [2.05, 4.69) is 78.0 Å². The summed E-state index contributed by atoms with van der Waals surface area (Å²) in [6.45, 7) is 15.3. The summed E-state index contributed by atoms with van der Waals surface area (Å²) in [4.78, 5) is 78.9. The molecular formula is C46H53ClN8O7.